The molecule has 1 heterocycles. The van der Waals surface area contributed by atoms with Crippen LogP contribution in [-0.4, -0.2) is 8.42 Å². The fourth-order valence-corrected chi connectivity index (χ4v) is 3.62. The number of benzene rings is 1. The second-order valence-corrected chi connectivity index (χ2v) is 6.90. The third-order valence-corrected chi connectivity index (χ3v) is 5.34. The zero-order valence-corrected chi connectivity index (χ0v) is 11.7. The molecule has 0 radical (unpaired) electrons. The Morgan fingerprint density at radius 1 is 1.32 bits per heavy atom. The predicted octanol–water partition coefficient (Wildman–Crippen LogP) is 2.31. The van der Waals surface area contributed by atoms with Crippen molar-refractivity contribution in [2.45, 2.75) is 11.1 Å². The lowest BCUT2D eigenvalue weighted by molar-refractivity contribution is 0.603. The average Bonchev–Trinajstić information content (AvgIpc) is 2.83. The molecule has 0 atom stereocenters. The zero-order valence-electron chi connectivity index (χ0n) is 10.0. The number of nitrogens with two attached hydrogens (primary N) is 1. The zero-order chi connectivity index (χ0) is 14.0. The lowest BCUT2D eigenvalue weighted by atomic mass is 10.2. The van der Waals surface area contributed by atoms with Crippen molar-refractivity contribution in [3.63, 3.8) is 0 Å². The standard InChI is InChI=1S/C12H11N3O2S2/c1-8-6-9(2-4-11(8)14)15-19(16,17)12-5-3-10(7-13)18-12/h2-6,15H,14H2,1H3. The van der Waals surface area contributed by atoms with Gasteiger partial charge in [0.1, 0.15) is 15.2 Å². The first-order valence-electron chi connectivity index (χ1n) is 5.31. The fourth-order valence-electron chi connectivity index (χ4n) is 1.47. The molecule has 5 nitrogen and oxygen atoms in total. The Morgan fingerprint density at radius 2 is 2.05 bits per heavy atom. The molecule has 0 aliphatic carbocycles. The summed E-state index contributed by atoms with van der Waals surface area (Å²) in [6.45, 7) is 1.80. The van der Waals surface area contributed by atoms with Gasteiger partial charge in [-0.15, -0.1) is 11.3 Å². The molecule has 0 bridgehead atoms. The highest BCUT2D eigenvalue weighted by atomic mass is 32.2. The smallest absolute Gasteiger partial charge is 0.271 e. The Balaban J connectivity index is 2.31. The molecule has 0 unspecified atom stereocenters. The van der Waals surface area contributed by atoms with E-state index in [1.165, 1.54) is 12.1 Å². The molecule has 0 saturated heterocycles. The van der Waals surface area contributed by atoms with E-state index in [2.05, 4.69) is 4.72 Å². The third-order valence-electron chi connectivity index (χ3n) is 2.48. The van der Waals surface area contributed by atoms with E-state index in [0.29, 0.717) is 16.3 Å². The average molecular weight is 293 g/mol. The van der Waals surface area contributed by atoms with Crippen LogP contribution in [0.4, 0.5) is 11.4 Å². The molecule has 0 spiro atoms. The molecule has 0 aliphatic rings. The number of hydrogen-bond acceptors (Lipinski definition) is 5. The van der Waals surface area contributed by atoms with Crippen molar-refractivity contribution in [1.29, 1.82) is 5.26 Å². The Morgan fingerprint density at radius 3 is 2.63 bits per heavy atom. The quantitative estimate of drug-likeness (QED) is 0.849. The maximum Gasteiger partial charge on any atom is 0.271 e. The highest BCUT2D eigenvalue weighted by Gasteiger charge is 2.17. The molecular formula is C12H11N3O2S2. The number of nitrogens with zero attached hydrogens (tertiary/aromatic N) is 1. The van der Waals surface area contributed by atoms with E-state index in [1.807, 2.05) is 6.07 Å². The van der Waals surface area contributed by atoms with Gasteiger partial charge in [-0.1, -0.05) is 0 Å². The first kappa shape index (κ1) is 13.4. The minimum absolute atomic E-state index is 0.110. The van der Waals surface area contributed by atoms with Crippen LogP contribution >= 0.6 is 11.3 Å². The van der Waals surface area contributed by atoms with E-state index in [1.54, 1.807) is 25.1 Å². The van der Waals surface area contributed by atoms with Crippen molar-refractivity contribution >= 4 is 32.7 Å². The summed E-state index contributed by atoms with van der Waals surface area (Å²) in [7, 11) is -3.66. The van der Waals surface area contributed by atoms with E-state index < -0.39 is 10.0 Å². The van der Waals surface area contributed by atoms with Gasteiger partial charge in [0.25, 0.3) is 10.0 Å². The Labute approximate surface area is 115 Å². The molecule has 98 valence electrons. The van der Waals surface area contributed by atoms with Crippen LogP contribution in [0, 0.1) is 18.3 Å². The highest BCUT2D eigenvalue weighted by molar-refractivity contribution is 7.94. The molecule has 0 saturated carbocycles. The molecule has 1 aromatic heterocycles. The fraction of sp³-hybridized carbons (Fsp3) is 0.0833. The molecule has 0 aliphatic heterocycles. The van der Waals surface area contributed by atoms with Gasteiger partial charge in [0.15, 0.2) is 0 Å². The van der Waals surface area contributed by atoms with Crippen LogP contribution in [0.15, 0.2) is 34.5 Å². The van der Waals surface area contributed by atoms with Crippen LogP contribution < -0.4 is 10.5 Å². The number of nitriles is 1. The van der Waals surface area contributed by atoms with Gasteiger partial charge in [0.05, 0.1) is 0 Å². The molecular weight excluding hydrogens is 282 g/mol. The largest absolute Gasteiger partial charge is 0.399 e. The van der Waals surface area contributed by atoms with Gasteiger partial charge in [-0.25, -0.2) is 8.42 Å². The number of nitrogen functional groups attached to an aromatic ring is 1. The lowest BCUT2D eigenvalue weighted by Crippen LogP contribution is -2.11. The Bertz CT molecular complexity index is 758. The van der Waals surface area contributed by atoms with Gasteiger partial charge in [-0.3, -0.25) is 4.72 Å². The molecule has 2 aromatic rings. The minimum atomic E-state index is -3.66. The van der Waals surface area contributed by atoms with Gasteiger partial charge in [-0.05, 0) is 42.8 Å². The van der Waals surface area contributed by atoms with E-state index in [-0.39, 0.29) is 4.21 Å². The maximum absolute atomic E-state index is 12.1. The highest BCUT2D eigenvalue weighted by Crippen LogP contribution is 2.24. The Kier molecular flexibility index (Phi) is 3.46. The van der Waals surface area contributed by atoms with E-state index in [0.717, 1.165) is 16.9 Å². The molecule has 1 aromatic carbocycles. The first-order valence-corrected chi connectivity index (χ1v) is 7.61. The van der Waals surface area contributed by atoms with Crippen LogP contribution in [0.1, 0.15) is 10.4 Å². The van der Waals surface area contributed by atoms with E-state index >= 15 is 0 Å². The predicted molar refractivity (Wildman–Crippen MR) is 75.4 cm³/mol. The molecule has 0 fully saturated rings. The number of thiophene rings is 1. The SMILES string of the molecule is Cc1cc(NS(=O)(=O)c2ccc(C#N)s2)ccc1N. The first-order chi connectivity index (χ1) is 8.92. The third kappa shape index (κ3) is 2.86. The second kappa shape index (κ2) is 4.91. The van der Waals surface area contributed by atoms with Crippen molar-refractivity contribution < 1.29 is 8.42 Å². The van der Waals surface area contributed by atoms with Crippen LogP contribution in [-0.2, 0) is 10.0 Å². The topological polar surface area (TPSA) is 96.0 Å². The molecule has 0 amide bonds. The van der Waals surface area contributed by atoms with Crippen molar-refractivity contribution in [3.05, 3.63) is 40.8 Å². The summed E-state index contributed by atoms with van der Waals surface area (Å²) in [5.74, 6) is 0. The lowest BCUT2D eigenvalue weighted by Gasteiger charge is -2.08. The summed E-state index contributed by atoms with van der Waals surface area (Å²) in [5.41, 5.74) is 7.51. The van der Waals surface area contributed by atoms with Crippen molar-refractivity contribution in [1.82, 2.24) is 0 Å². The normalized spacial score (nSPS) is 10.9. The van der Waals surface area contributed by atoms with Gasteiger partial charge in [0.2, 0.25) is 0 Å². The number of aryl methyl sites for hydroxylation is 1. The second-order valence-electron chi connectivity index (χ2n) is 3.91. The number of hydrogen-bond donors (Lipinski definition) is 2. The van der Waals surface area contributed by atoms with Gasteiger partial charge >= 0.3 is 0 Å². The van der Waals surface area contributed by atoms with E-state index in [9.17, 15) is 8.42 Å². The summed E-state index contributed by atoms with van der Waals surface area (Å²) in [6.07, 6.45) is 0. The molecule has 19 heavy (non-hydrogen) atoms. The summed E-state index contributed by atoms with van der Waals surface area (Å²) < 4.78 is 26.7. The van der Waals surface area contributed by atoms with Crippen LogP contribution in [0.3, 0.4) is 0 Å². The summed E-state index contributed by atoms with van der Waals surface area (Å²) in [6, 6.07) is 9.70. The number of anilines is 2. The van der Waals surface area contributed by atoms with Crippen LogP contribution in [0.2, 0.25) is 0 Å². The van der Waals surface area contributed by atoms with Gasteiger partial charge in [-0.2, -0.15) is 5.26 Å². The maximum atomic E-state index is 12.1. The summed E-state index contributed by atoms with van der Waals surface area (Å²) >= 11 is 0.930. The van der Waals surface area contributed by atoms with Crippen molar-refractivity contribution in [2.75, 3.05) is 10.5 Å². The van der Waals surface area contributed by atoms with Crippen molar-refractivity contribution in [3.8, 4) is 6.07 Å². The molecule has 3 N–H and O–H groups in total. The van der Waals surface area contributed by atoms with Crippen LogP contribution in [0.5, 0.6) is 0 Å². The van der Waals surface area contributed by atoms with Gasteiger partial charge in [0, 0.05) is 11.4 Å². The van der Waals surface area contributed by atoms with Crippen LogP contribution in [0.25, 0.3) is 0 Å². The number of nitrogens with one attached hydrogen (secondary N) is 1. The van der Waals surface area contributed by atoms with E-state index in [4.69, 9.17) is 11.0 Å². The molecule has 2 rings (SSSR count). The van der Waals surface area contributed by atoms with Crippen molar-refractivity contribution in [2.24, 2.45) is 0 Å². The number of rotatable bonds is 3. The summed E-state index contributed by atoms with van der Waals surface area (Å²) in [4.78, 5) is 0.355. The Hall–Kier alpha value is -2.04. The molecule has 7 heteroatoms. The van der Waals surface area contributed by atoms with Gasteiger partial charge < -0.3 is 5.73 Å². The minimum Gasteiger partial charge on any atom is -0.399 e. The monoisotopic (exact) mass is 293 g/mol. The summed E-state index contributed by atoms with van der Waals surface area (Å²) in [5, 5.41) is 8.70. The number of sulfonamides is 1.